The summed E-state index contributed by atoms with van der Waals surface area (Å²) >= 11 is 0. The number of hydrogen-bond donors (Lipinski definition) is 2. The lowest BCUT2D eigenvalue weighted by molar-refractivity contribution is -0.120. The van der Waals surface area contributed by atoms with Crippen LogP contribution in [0.15, 0.2) is 4.42 Å². The molecule has 0 aromatic carbocycles. The van der Waals surface area contributed by atoms with Crippen molar-refractivity contribution in [3.8, 4) is 0 Å². The molecule has 0 bridgehead atoms. The molecule has 122 valence electrons. The van der Waals surface area contributed by atoms with E-state index >= 15 is 0 Å². The second kappa shape index (κ2) is 7.63. The molecule has 1 rings (SSSR count). The summed E-state index contributed by atoms with van der Waals surface area (Å²) in [7, 11) is 0. The average molecular weight is 310 g/mol. The smallest absolute Gasteiger partial charge is 0.342 e. The van der Waals surface area contributed by atoms with Crippen molar-refractivity contribution >= 4 is 23.7 Å². The van der Waals surface area contributed by atoms with Crippen LogP contribution in [0, 0.1) is 12.8 Å². The van der Waals surface area contributed by atoms with Crippen LogP contribution in [-0.4, -0.2) is 24.4 Å². The molecule has 0 saturated heterocycles. The Morgan fingerprint density at radius 2 is 1.77 bits per heavy atom. The van der Waals surface area contributed by atoms with Crippen molar-refractivity contribution in [2.24, 2.45) is 11.7 Å². The van der Waals surface area contributed by atoms with Gasteiger partial charge in [0.1, 0.15) is 16.9 Å². The first-order valence-electron chi connectivity index (χ1n) is 7.28. The monoisotopic (exact) mass is 310 g/mol. The van der Waals surface area contributed by atoms with Gasteiger partial charge in [-0.15, -0.1) is 0 Å². The normalized spacial score (nSPS) is 10.6. The van der Waals surface area contributed by atoms with E-state index in [1.54, 1.807) is 6.92 Å². The van der Waals surface area contributed by atoms with Gasteiger partial charge in [-0.2, -0.15) is 0 Å². The Morgan fingerprint density at radius 1 is 1.18 bits per heavy atom. The topological polar surface area (TPSA) is 112 Å². The van der Waals surface area contributed by atoms with Crippen molar-refractivity contribution < 1.29 is 23.5 Å². The fourth-order valence-corrected chi connectivity index (χ4v) is 2.19. The van der Waals surface area contributed by atoms with Gasteiger partial charge >= 0.3 is 5.97 Å². The van der Waals surface area contributed by atoms with Crippen molar-refractivity contribution in [1.29, 1.82) is 0 Å². The van der Waals surface area contributed by atoms with Crippen molar-refractivity contribution in [2.45, 2.75) is 40.5 Å². The minimum absolute atomic E-state index is 0.0470. The minimum atomic E-state index is -0.861. The highest BCUT2D eigenvalue weighted by molar-refractivity contribution is 6.10. The highest BCUT2D eigenvalue weighted by Gasteiger charge is 2.29. The minimum Gasteiger partial charge on any atom is -0.462 e. The van der Waals surface area contributed by atoms with Crippen LogP contribution in [0.25, 0.3) is 0 Å². The van der Waals surface area contributed by atoms with Gasteiger partial charge in [0.05, 0.1) is 6.61 Å². The molecule has 1 aromatic rings. The van der Waals surface area contributed by atoms with Crippen LogP contribution in [0.2, 0.25) is 0 Å². The molecule has 7 nitrogen and oxygen atoms in total. The number of hydrogen-bond acceptors (Lipinski definition) is 5. The largest absolute Gasteiger partial charge is 0.462 e. The molecule has 2 amide bonds. The van der Waals surface area contributed by atoms with E-state index in [1.807, 2.05) is 13.8 Å². The lowest BCUT2D eigenvalue weighted by atomic mass is 10.0. The van der Waals surface area contributed by atoms with Gasteiger partial charge in [0.15, 0.2) is 0 Å². The molecule has 0 aliphatic carbocycles. The number of carbonyl (C=O) groups is 3. The van der Waals surface area contributed by atoms with E-state index in [9.17, 15) is 14.4 Å². The summed E-state index contributed by atoms with van der Waals surface area (Å²) in [5.41, 5.74) is 5.12. The summed E-state index contributed by atoms with van der Waals surface area (Å²) in [6.07, 6.45) is 1.30. The zero-order valence-electron chi connectivity index (χ0n) is 13.3. The van der Waals surface area contributed by atoms with Gasteiger partial charge in [0.2, 0.25) is 11.8 Å². The summed E-state index contributed by atoms with van der Waals surface area (Å²) in [4.78, 5) is 35.7. The number of nitrogens with one attached hydrogen (secondary N) is 1. The van der Waals surface area contributed by atoms with Crippen LogP contribution in [0.1, 0.15) is 60.1 Å². The average Bonchev–Trinajstić information content (AvgIpc) is 2.76. The van der Waals surface area contributed by atoms with Crippen molar-refractivity contribution in [3.05, 3.63) is 16.9 Å². The molecule has 0 spiro atoms. The highest BCUT2D eigenvalue weighted by Crippen LogP contribution is 2.28. The molecule has 0 aliphatic rings. The maximum Gasteiger partial charge on any atom is 0.342 e. The second-order valence-electron chi connectivity index (χ2n) is 4.82. The number of esters is 1. The van der Waals surface area contributed by atoms with Gasteiger partial charge in [-0.1, -0.05) is 13.8 Å². The summed E-state index contributed by atoms with van der Waals surface area (Å²) in [5, 5.41) is 2.54. The zero-order chi connectivity index (χ0) is 16.9. The Bertz CT molecular complexity index is 573. The number of anilines is 1. The Morgan fingerprint density at radius 3 is 2.23 bits per heavy atom. The molecule has 0 saturated carbocycles. The molecule has 0 atom stereocenters. The van der Waals surface area contributed by atoms with Crippen molar-refractivity contribution in [1.82, 2.24) is 0 Å². The number of rotatable bonds is 7. The Balaban J connectivity index is 3.21. The number of nitrogens with two attached hydrogens (primary N) is 1. The van der Waals surface area contributed by atoms with Crippen molar-refractivity contribution in [2.75, 3.05) is 11.9 Å². The van der Waals surface area contributed by atoms with Crippen LogP contribution in [-0.2, 0) is 9.53 Å². The van der Waals surface area contributed by atoms with Gasteiger partial charge < -0.3 is 14.9 Å². The number of primary amides is 1. The fourth-order valence-electron chi connectivity index (χ4n) is 2.19. The van der Waals surface area contributed by atoms with E-state index in [0.717, 1.165) is 0 Å². The van der Waals surface area contributed by atoms with E-state index < -0.39 is 11.9 Å². The second-order valence-corrected chi connectivity index (χ2v) is 4.82. The maximum absolute atomic E-state index is 12.1. The van der Waals surface area contributed by atoms with Crippen LogP contribution in [0.3, 0.4) is 0 Å². The predicted octanol–water partition coefficient (Wildman–Crippen LogP) is 2.24. The fraction of sp³-hybridized carbons (Fsp3) is 0.533. The zero-order valence-corrected chi connectivity index (χ0v) is 13.3. The quantitative estimate of drug-likeness (QED) is 0.750. The number of carbonyl (C=O) groups excluding carboxylic acids is 3. The Kier molecular flexibility index (Phi) is 6.15. The Labute approximate surface area is 129 Å². The van der Waals surface area contributed by atoms with E-state index in [1.165, 1.54) is 6.92 Å². The molecule has 0 radical (unpaired) electrons. The molecule has 0 fully saturated rings. The molecule has 0 unspecified atom stereocenters. The molecule has 1 heterocycles. The third-order valence-electron chi connectivity index (χ3n) is 3.40. The number of ether oxygens (including phenoxy) is 1. The Hall–Kier alpha value is -2.31. The number of amides is 2. The van der Waals surface area contributed by atoms with Crippen LogP contribution < -0.4 is 11.1 Å². The van der Waals surface area contributed by atoms with E-state index in [-0.39, 0.29) is 41.2 Å². The van der Waals surface area contributed by atoms with Gasteiger partial charge in [-0.3, -0.25) is 14.9 Å². The summed E-state index contributed by atoms with van der Waals surface area (Å²) in [6, 6.07) is 0. The molecule has 7 heteroatoms. The van der Waals surface area contributed by atoms with E-state index in [0.29, 0.717) is 12.8 Å². The first-order chi connectivity index (χ1) is 10.4. The van der Waals surface area contributed by atoms with Crippen LogP contribution in [0.5, 0.6) is 0 Å². The molecule has 3 N–H and O–H groups in total. The lowest BCUT2D eigenvalue weighted by Gasteiger charge is -2.11. The van der Waals surface area contributed by atoms with Gasteiger partial charge in [-0.05, 0) is 26.7 Å². The van der Waals surface area contributed by atoms with E-state index in [2.05, 4.69) is 5.32 Å². The third kappa shape index (κ3) is 3.66. The standard InChI is InChI=1S/C15H22N2O5/c1-5-9(6-2)13(19)17-14-11(12(16)18)10(8(4)22-14)15(20)21-7-3/h9H,5-7H2,1-4H3,(H2,16,18)(H,17,19). The van der Waals surface area contributed by atoms with Crippen LogP contribution >= 0.6 is 0 Å². The summed E-state index contributed by atoms with van der Waals surface area (Å²) in [5.74, 6) is -1.99. The first-order valence-corrected chi connectivity index (χ1v) is 7.28. The maximum atomic E-state index is 12.1. The SMILES string of the molecule is CCOC(=O)c1c(C)oc(NC(=O)C(CC)CC)c1C(N)=O. The van der Waals surface area contributed by atoms with Crippen molar-refractivity contribution in [3.63, 3.8) is 0 Å². The summed E-state index contributed by atoms with van der Waals surface area (Å²) in [6.45, 7) is 7.08. The highest BCUT2D eigenvalue weighted by atomic mass is 16.5. The van der Waals surface area contributed by atoms with E-state index in [4.69, 9.17) is 14.9 Å². The van der Waals surface area contributed by atoms with Crippen LogP contribution in [0.4, 0.5) is 5.88 Å². The summed E-state index contributed by atoms with van der Waals surface area (Å²) < 4.78 is 10.2. The first kappa shape index (κ1) is 17.7. The van der Waals surface area contributed by atoms with Gasteiger partial charge in [0, 0.05) is 5.92 Å². The molecule has 0 aliphatic heterocycles. The third-order valence-corrected chi connectivity index (χ3v) is 3.40. The number of furan rings is 1. The number of aryl methyl sites for hydroxylation is 1. The molecular formula is C15H22N2O5. The van der Waals surface area contributed by atoms with Gasteiger partial charge in [0.25, 0.3) is 5.91 Å². The molecule has 22 heavy (non-hydrogen) atoms. The lowest BCUT2D eigenvalue weighted by Crippen LogP contribution is -2.24. The van der Waals surface area contributed by atoms with Gasteiger partial charge in [-0.25, -0.2) is 4.79 Å². The molecule has 1 aromatic heterocycles. The predicted molar refractivity (Wildman–Crippen MR) is 80.6 cm³/mol. The molecular weight excluding hydrogens is 288 g/mol.